The highest BCUT2D eigenvalue weighted by molar-refractivity contribution is 6.23. The molecule has 3 heterocycles. The van der Waals surface area contributed by atoms with E-state index in [2.05, 4.69) is 220 Å². The van der Waals surface area contributed by atoms with Crippen LogP contribution in [0.1, 0.15) is 5.56 Å². The number of fused-ring (bicyclic) bond motifs is 10. The van der Waals surface area contributed by atoms with Gasteiger partial charge in [0.05, 0.1) is 39.3 Å². The molecule has 14 aromatic rings. The number of rotatable bonds is 7. The zero-order chi connectivity index (χ0) is 48.6. The van der Waals surface area contributed by atoms with Crippen LogP contribution in [-0.2, 0) is 0 Å². The first-order valence-corrected chi connectivity index (χ1v) is 24.8. The lowest BCUT2D eigenvalue weighted by Crippen LogP contribution is -1.95. The van der Waals surface area contributed by atoms with Crippen LogP contribution in [0.2, 0.25) is 0 Å². The summed E-state index contributed by atoms with van der Waals surface area (Å²) in [7, 11) is 0. The zero-order valence-electron chi connectivity index (χ0n) is 40.0. The van der Waals surface area contributed by atoms with Crippen molar-refractivity contribution in [2.24, 2.45) is 4.99 Å². The van der Waals surface area contributed by atoms with Gasteiger partial charge < -0.3 is 0 Å². The number of aromatic nitrogens is 3. The number of benzene rings is 11. The van der Waals surface area contributed by atoms with E-state index in [1.165, 1.54) is 65.3 Å². The molecule has 73 heavy (non-hydrogen) atoms. The van der Waals surface area contributed by atoms with Gasteiger partial charge in [-0.2, -0.15) is 0 Å². The smallest absolute Gasteiger partial charge is 0.0990 e. The first-order valence-electron chi connectivity index (χ1n) is 24.8. The number of nitrogens with zero attached hydrogens (tertiary/aromatic N) is 4. The molecule has 0 bridgehead atoms. The quantitative estimate of drug-likeness (QED) is 0.0909. The normalized spacial score (nSPS) is 11.9. The molecule has 0 saturated carbocycles. The van der Waals surface area contributed by atoms with Crippen molar-refractivity contribution in [2.75, 3.05) is 0 Å². The highest BCUT2D eigenvalue weighted by Gasteiger charge is 2.21. The SMILES string of the molecule is C=CC=Nc1c(C)c2ccc(-c3ccccc3)nc2c2ccc(-c3cc4ccc(-c5ccc6c(-c7ccc8ccccc8c7)c7ccccc7c(-c7ccc8ccccc8c7)c6c5)nc4c4ccccc34)nc12. The summed E-state index contributed by atoms with van der Waals surface area (Å²) in [5.41, 5.74) is 15.1. The van der Waals surface area contributed by atoms with Crippen molar-refractivity contribution in [1.82, 2.24) is 15.0 Å². The highest BCUT2D eigenvalue weighted by atomic mass is 14.8. The van der Waals surface area contributed by atoms with Crippen molar-refractivity contribution >= 4 is 98.5 Å². The molecule has 0 aliphatic rings. The summed E-state index contributed by atoms with van der Waals surface area (Å²) >= 11 is 0. The van der Waals surface area contributed by atoms with Gasteiger partial charge in [-0.3, -0.25) is 4.99 Å². The van der Waals surface area contributed by atoms with Crippen molar-refractivity contribution in [3.05, 3.63) is 243 Å². The molecule has 0 atom stereocenters. The lowest BCUT2D eigenvalue weighted by Gasteiger charge is -2.19. The van der Waals surface area contributed by atoms with Crippen LogP contribution in [0.15, 0.2) is 242 Å². The van der Waals surface area contributed by atoms with Crippen molar-refractivity contribution in [1.29, 1.82) is 0 Å². The Bertz CT molecular complexity index is 4650. The highest BCUT2D eigenvalue weighted by Crippen LogP contribution is 2.47. The Balaban J connectivity index is 0.957. The molecule has 0 radical (unpaired) electrons. The molecule has 0 amide bonds. The number of aliphatic imine (C=N–C) groups is 1. The average Bonchev–Trinajstić information content (AvgIpc) is 3.45. The second-order valence-corrected chi connectivity index (χ2v) is 19.0. The van der Waals surface area contributed by atoms with E-state index in [4.69, 9.17) is 19.9 Å². The van der Waals surface area contributed by atoms with Gasteiger partial charge in [-0.15, -0.1) is 0 Å². The number of pyridine rings is 3. The van der Waals surface area contributed by atoms with Crippen LogP contribution < -0.4 is 0 Å². The minimum atomic E-state index is 0.798. The van der Waals surface area contributed by atoms with Crippen LogP contribution in [0.5, 0.6) is 0 Å². The number of aryl methyl sites for hydroxylation is 1. The van der Waals surface area contributed by atoms with Crippen molar-refractivity contribution in [3.8, 4) is 56.0 Å². The fourth-order valence-electron chi connectivity index (χ4n) is 11.3. The van der Waals surface area contributed by atoms with Gasteiger partial charge in [0, 0.05) is 44.4 Å². The van der Waals surface area contributed by atoms with Gasteiger partial charge in [-0.1, -0.05) is 189 Å². The zero-order valence-corrected chi connectivity index (χ0v) is 40.0. The number of hydrogen-bond acceptors (Lipinski definition) is 4. The van der Waals surface area contributed by atoms with E-state index in [1.807, 2.05) is 18.2 Å². The van der Waals surface area contributed by atoms with E-state index in [1.54, 1.807) is 12.3 Å². The topological polar surface area (TPSA) is 51.0 Å². The molecule has 340 valence electrons. The standard InChI is InChI=1S/C69H44N4/c1-3-37-70-66-42(2)52-32-35-61(45-17-5-4-6-18-45)72-68(52)58-33-36-63(73-69(58)66)59-41-51-30-34-62(71-67(51)57-24-14-11-21-53(57)59)48-29-31-56-60(40-48)65(50-28-26-44-16-8-10-20-47(44)39-50)55-23-13-12-22-54(55)64(56)49-27-25-43-15-7-9-19-46(43)38-49/h3-41H,1H2,2H3. The fraction of sp³-hybridized carbons (Fsp3) is 0.0145. The van der Waals surface area contributed by atoms with Crippen LogP contribution in [0, 0.1) is 6.92 Å². The molecule has 0 saturated heterocycles. The molecule has 14 rings (SSSR count). The van der Waals surface area contributed by atoms with Crippen LogP contribution >= 0.6 is 0 Å². The van der Waals surface area contributed by atoms with E-state index in [-0.39, 0.29) is 0 Å². The van der Waals surface area contributed by atoms with Gasteiger partial charge in [0.25, 0.3) is 0 Å². The summed E-state index contributed by atoms with van der Waals surface area (Å²) < 4.78 is 0. The summed E-state index contributed by atoms with van der Waals surface area (Å²) in [4.78, 5) is 21.2. The van der Waals surface area contributed by atoms with Crippen LogP contribution in [-0.4, -0.2) is 21.2 Å². The van der Waals surface area contributed by atoms with E-state index in [0.29, 0.717) is 0 Å². The van der Waals surface area contributed by atoms with Crippen LogP contribution in [0.4, 0.5) is 5.69 Å². The fourth-order valence-corrected chi connectivity index (χ4v) is 11.3. The number of hydrogen-bond donors (Lipinski definition) is 0. The largest absolute Gasteiger partial charge is 0.254 e. The second-order valence-electron chi connectivity index (χ2n) is 19.0. The summed E-state index contributed by atoms with van der Waals surface area (Å²) in [6.07, 6.45) is 3.45. The molecule has 0 unspecified atom stereocenters. The molecule has 11 aromatic carbocycles. The monoisotopic (exact) mass is 928 g/mol. The van der Waals surface area contributed by atoms with Gasteiger partial charge in [-0.25, -0.2) is 15.0 Å². The van der Waals surface area contributed by atoms with Crippen molar-refractivity contribution in [3.63, 3.8) is 0 Å². The molecule has 0 fully saturated rings. The molecule has 0 aliphatic carbocycles. The van der Waals surface area contributed by atoms with E-state index < -0.39 is 0 Å². The Kier molecular flexibility index (Phi) is 9.87. The third-order valence-electron chi connectivity index (χ3n) is 14.8. The Labute approximate surface area is 421 Å². The Morgan fingerprint density at radius 1 is 0.342 bits per heavy atom. The molecular formula is C69H44N4. The summed E-state index contributed by atoms with van der Waals surface area (Å²) in [6, 6.07) is 80.9. The molecular weight excluding hydrogens is 885 g/mol. The first kappa shape index (κ1) is 42.3. The predicted octanol–water partition coefficient (Wildman–Crippen LogP) is 18.6. The predicted molar refractivity (Wildman–Crippen MR) is 310 cm³/mol. The Morgan fingerprint density at radius 3 is 1.56 bits per heavy atom. The third-order valence-corrected chi connectivity index (χ3v) is 14.8. The minimum absolute atomic E-state index is 0.798. The minimum Gasteiger partial charge on any atom is -0.254 e. The van der Waals surface area contributed by atoms with Gasteiger partial charge in [0.15, 0.2) is 0 Å². The third kappa shape index (κ3) is 6.98. The average molecular weight is 929 g/mol. The van der Waals surface area contributed by atoms with E-state index >= 15 is 0 Å². The maximum absolute atomic E-state index is 5.56. The second kappa shape index (κ2) is 17.0. The van der Waals surface area contributed by atoms with Crippen LogP contribution in [0.3, 0.4) is 0 Å². The summed E-state index contributed by atoms with van der Waals surface area (Å²) in [5, 5.41) is 14.9. The van der Waals surface area contributed by atoms with Crippen molar-refractivity contribution in [2.45, 2.75) is 6.92 Å². The van der Waals surface area contributed by atoms with E-state index in [0.717, 1.165) is 88.5 Å². The Morgan fingerprint density at radius 2 is 0.849 bits per heavy atom. The lowest BCUT2D eigenvalue weighted by molar-refractivity contribution is 1.35. The molecule has 3 aromatic heterocycles. The molecule has 4 heteroatoms. The van der Waals surface area contributed by atoms with Gasteiger partial charge in [0.2, 0.25) is 0 Å². The van der Waals surface area contributed by atoms with Crippen molar-refractivity contribution < 1.29 is 0 Å². The van der Waals surface area contributed by atoms with Gasteiger partial charge in [0.1, 0.15) is 0 Å². The molecule has 0 aliphatic heterocycles. The van der Waals surface area contributed by atoms with E-state index in [9.17, 15) is 0 Å². The molecule has 0 N–H and O–H groups in total. The summed E-state index contributed by atoms with van der Waals surface area (Å²) in [5.74, 6) is 0. The maximum Gasteiger partial charge on any atom is 0.0990 e. The maximum atomic E-state index is 5.56. The van der Waals surface area contributed by atoms with Gasteiger partial charge >= 0.3 is 0 Å². The Hall–Kier alpha value is -9.64. The van der Waals surface area contributed by atoms with Gasteiger partial charge in [-0.05, 0) is 132 Å². The molecule has 4 nitrogen and oxygen atoms in total. The van der Waals surface area contributed by atoms with Crippen LogP contribution in [0.25, 0.3) is 143 Å². The summed E-state index contributed by atoms with van der Waals surface area (Å²) in [6.45, 7) is 6.04. The molecule has 0 spiro atoms. The lowest BCUT2D eigenvalue weighted by atomic mass is 9.84. The number of allylic oxidation sites excluding steroid dienone is 1. The first-order chi connectivity index (χ1) is 36.1.